The SMILES string of the molecule is Nc1nc(-n2nc(CCC3CCCC3)c3cc(F)ccc32)nc(N)c1C1C=CC=NC1. The highest BCUT2D eigenvalue weighted by atomic mass is 19.1. The Morgan fingerprint density at radius 1 is 1.10 bits per heavy atom. The van der Waals surface area contributed by atoms with Gasteiger partial charge < -0.3 is 11.5 Å². The van der Waals surface area contributed by atoms with Crippen LogP contribution in [-0.4, -0.2) is 32.5 Å². The molecule has 160 valence electrons. The molecule has 0 spiro atoms. The number of hydrogen-bond acceptors (Lipinski definition) is 6. The van der Waals surface area contributed by atoms with Crippen molar-refractivity contribution in [3.63, 3.8) is 0 Å². The van der Waals surface area contributed by atoms with E-state index in [-0.39, 0.29) is 11.7 Å². The zero-order valence-corrected chi connectivity index (χ0v) is 17.3. The van der Waals surface area contributed by atoms with Gasteiger partial charge in [-0.2, -0.15) is 19.7 Å². The highest BCUT2D eigenvalue weighted by molar-refractivity contribution is 5.83. The molecule has 0 amide bonds. The molecule has 1 aromatic carbocycles. The molecule has 7 nitrogen and oxygen atoms in total. The number of fused-ring (bicyclic) bond motifs is 1. The highest BCUT2D eigenvalue weighted by Gasteiger charge is 2.22. The van der Waals surface area contributed by atoms with Crippen molar-refractivity contribution in [2.45, 2.75) is 44.4 Å². The van der Waals surface area contributed by atoms with Crippen LogP contribution in [0.5, 0.6) is 0 Å². The normalized spacial score (nSPS) is 18.9. The third kappa shape index (κ3) is 3.78. The van der Waals surface area contributed by atoms with Crippen LogP contribution in [0.15, 0.2) is 35.3 Å². The molecule has 1 aliphatic heterocycles. The molecule has 1 unspecified atom stereocenters. The van der Waals surface area contributed by atoms with Crippen LogP contribution in [0.4, 0.5) is 16.0 Å². The number of allylic oxidation sites excluding steroid dienone is 1. The molecule has 4 N–H and O–H groups in total. The Hall–Kier alpha value is -3.29. The largest absolute Gasteiger partial charge is 0.383 e. The summed E-state index contributed by atoms with van der Waals surface area (Å²) in [6, 6.07) is 4.67. The molecular formula is C23H26FN7. The number of nitrogens with two attached hydrogens (primary N) is 2. The summed E-state index contributed by atoms with van der Waals surface area (Å²) in [6.45, 7) is 0.558. The first-order valence-electron chi connectivity index (χ1n) is 10.9. The summed E-state index contributed by atoms with van der Waals surface area (Å²) in [5, 5.41) is 5.55. The quantitative estimate of drug-likeness (QED) is 0.651. The fraction of sp³-hybridized carbons (Fsp3) is 0.391. The number of aromatic nitrogens is 4. The van der Waals surface area contributed by atoms with Crippen LogP contribution in [0, 0.1) is 11.7 Å². The molecular weight excluding hydrogens is 393 g/mol. The molecule has 8 heteroatoms. The third-order valence-corrected chi connectivity index (χ3v) is 6.37. The molecule has 1 fully saturated rings. The van der Waals surface area contributed by atoms with Gasteiger partial charge in [0.2, 0.25) is 0 Å². The van der Waals surface area contributed by atoms with Gasteiger partial charge in [0.1, 0.15) is 17.5 Å². The Labute approximate surface area is 180 Å². The fourth-order valence-corrected chi connectivity index (χ4v) is 4.76. The molecule has 3 aromatic rings. The number of anilines is 2. The van der Waals surface area contributed by atoms with Crippen molar-refractivity contribution in [3.05, 3.63) is 47.4 Å². The van der Waals surface area contributed by atoms with E-state index >= 15 is 0 Å². The van der Waals surface area contributed by atoms with Crippen molar-refractivity contribution < 1.29 is 4.39 Å². The van der Waals surface area contributed by atoms with E-state index in [2.05, 4.69) is 15.0 Å². The lowest BCUT2D eigenvalue weighted by molar-refractivity contribution is 0.500. The molecule has 0 bridgehead atoms. The van der Waals surface area contributed by atoms with Gasteiger partial charge >= 0.3 is 0 Å². The van der Waals surface area contributed by atoms with Gasteiger partial charge in [-0.25, -0.2) is 4.39 Å². The zero-order chi connectivity index (χ0) is 21.4. The molecule has 1 saturated carbocycles. The van der Waals surface area contributed by atoms with Crippen LogP contribution >= 0.6 is 0 Å². The maximum absolute atomic E-state index is 14.0. The summed E-state index contributed by atoms with van der Waals surface area (Å²) < 4.78 is 15.7. The lowest BCUT2D eigenvalue weighted by atomic mass is 9.98. The monoisotopic (exact) mass is 419 g/mol. The van der Waals surface area contributed by atoms with E-state index in [1.807, 2.05) is 12.2 Å². The van der Waals surface area contributed by atoms with Crippen LogP contribution in [0.2, 0.25) is 0 Å². The summed E-state index contributed by atoms with van der Waals surface area (Å²) in [6.07, 6.45) is 12.6. The van der Waals surface area contributed by atoms with Gasteiger partial charge in [-0.15, -0.1) is 0 Å². The summed E-state index contributed by atoms with van der Waals surface area (Å²) in [5.74, 6) is 1.31. The minimum atomic E-state index is -0.283. The van der Waals surface area contributed by atoms with E-state index in [1.165, 1.54) is 37.8 Å². The van der Waals surface area contributed by atoms with E-state index in [1.54, 1.807) is 17.0 Å². The Balaban J connectivity index is 1.53. The number of dihydropyridines is 1. The zero-order valence-electron chi connectivity index (χ0n) is 17.3. The molecule has 1 aliphatic carbocycles. The summed E-state index contributed by atoms with van der Waals surface area (Å²) in [4.78, 5) is 13.3. The van der Waals surface area contributed by atoms with Gasteiger partial charge in [-0.05, 0) is 43.0 Å². The number of aryl methyl sites for hydroxylation is 1. The van der Waals surface area contributed by atoms with Crippen LogP contribution in [-0.2, 0) is 6.42 Å². The van der Waals surface area contributed by atoms with Crippen molar-refractivity contribution in [2.75, 3.05) is 18.0 Å². The third-order valence-electron chi connectivity index (χ3n) is 6.37. The maximum Gasteiger partial charge on any atom is 0.255 e. The van der Waals surface area contributed by atoms with Gasteiger partial charge in [0.15, 0.2) is 0 Å². The Morgan fingerprint density at radius 3 is 2.58 bits per heavy atom. The molecule has 0 saturated heterocycles. The maximum atomic E-state index is 14.0. The minimum absolute atomic E-state index is 0.0514. The van der Waals surface area contributed by atoms with Gasteiger partial charge in [-0.3, -0.25) is 4.99 Å². The topological polar surface area (TPSA) is 108 Å². The van der Waals surface area contributed by atoms with Gasteiger partial charge in [0.25, 0.3) is 5.95 Å². The van der Waals surface area contributed by atoms with Crippen LogP contribution < -0.4 is 11.5 Å². The standard InChI is InChI=1S/C23H26FN7/c24-16-8-10-19-17(12-16)18(9-7-14-4-1-2-5-14)30-31(19)23-28-21(25)20(22(26)29-23)15-6-3-11-27-13-15/h3,6,8,10-12,14-15H,1-2,4-5,7,9,13H2,(H4,25,26,28,29). The van der Waals surface area contributed by atoms with Crippen molar-refractivity contribution in [1.82, 2.24) is 19.7 Å². The Morgan fingerprint density at radius 2 is 1.87 bits per heavy atom. The van der Waals surface area contributed by atoms with E-state index < -0.39 is 0 Å². The van der Waals surface area contributed by atoms with Crippen LogP contribution in [0.1, 0.15) is 49.3 Å². The number of nitrogen functional groups attached to an aromatic ring is 2. The molecule has 5 rings (SSSR count). The number of nitrogens with zero attached hydrogens (tertiary/aromatic N) is 5. The Kier molecular flexibility index (Phi) is 5.13. The van der Waals surface area contributed by atoms with Crippen molar-refractivity contribution >= 4 is 28.8 Å². The fourth-order valence-electron chi connectivity index (χ4n) is 4.76. The van der Waals surface area contributed by atoms with E-state index in [0.717, 1.165) is 35.4 Å². The number of hydrogen-bond donors (Lipinski definition) is 2. The summed E-state index contributed by atoms with van der Waals surface area (Å²) in [5.41, 5.74) is 14.9. The summed E-state index contributed by atoms with van der Waals surface area (Å²) >= 11 is 0. The second kappa shape index (κ2) is 8.09. The first-order valence-corrected chi connectivity index (χ1v) is 10.9. The second-order valence-electron chi connectivity index (χ2n) is 8.42. The van der Waals surface area contributed by atoms with Gasteiger partial charge in [-0.1, -0.05) is 31.8 Å². The molecule has 3 heterocycles. The van der Waals surface area contributed by atoms with Crippen LogP contribution in [0.25, 0.3) is 16.9 Å². The minimum Gasteiger partial charge on any atom is -0.383 e. The average Bonchev–Trinajstić information content (AvgIpc) is 3.40. The number of aliphatic imine (C=N–C) groups is 1. The predicted octanol–water partition coefficient (Wildman–Crippen LogP) is 3.97. The van der Waals surface area contributed by atoms with Crippen molar-refractivity contribution in [3.8, 4) is 5.95 Å². The summed E-state index contributed by atoms with van der Waals surface area (Å²) in [7, 11) is 0. The van der Waals surface area contributed by atoms with E-state index in [9.17, 15) is 4.39 Å². The van der Waals surface area contributed by atoms with Crippen molar-refractivity contribution in [1.29, 1.82) is 0 Å². The van der Waals surface area contributed by atoms with Crippen molar-refractivity contribution in [2.24, 2.45) is 10.9 Å². The second-order valence-corrected chi connectivity index (χ2v) is 8.42. The first-order chi connectivity index (χ1) is 15.1. The molecule has 2 aromatic heterocycles. The molecule has 2 aliphatic rings. The lowest BCUT2D eigenvalue weighted by Gasteiger charge is -2.17. The van der Waals surface area contributed by atoms with Gasteiger partial charge in [0, 0.05) is 29.6 Å². The van der Waals surface area contributed by atoms with Crippen LogP contribution in [0.3, 0.4) is 0 Å². The number of rotatable bonds is 5. The Bertz CT molecular complexity index is 1150. The van der Waals surface area contributed by atoms with E-state index in [4.69, 9.17) is 16.6 Å². The average molecular weight is 420 g/mol. The molecule has 0 radical (unpaired) electrons. The number of benzene rings is 1. The molecule has 1 atom stereocenters. The predicted molar refractivity (Wildman–Crippen MR) is 121 cm³/mol. The van der Waals surface area contributed by atoms with E-state index in [0.29, 0.717) is 29.7 Å². The highest BCUT2D eigenvalue weighted by Crippen LogP contribution is 2.32. The van der Waals surface area contributed by atoms with Gasteiger partial charge in [0.05, 0.1) is 11.2 Å². The number of halogens is 1. The molecule has 31 heavy (non-hydrogen) atoms. The smallest absolute Gasteiger partial charge is 0.255 e. The lowest BCUT2D eigenvalue weighted by Crippen LogP contribution is -2.15. The first kappa shape index (κ1) is 19.7.